The van der Waals surface area contributed by atoms with Crippen LogP contribution < -0.4 is 14.8 Å². The van der Waals surface area contributed by atoms with Gasteiger partial charge in [-0.25, -0.2) is 0 Å². The first kappa shape index (κ1) is 22.9. The molecule has 0 radical (unpaired) electrons. The van der Waals surface area contributed by atoms with Gasteiger partial charge in [-0.3, -0.25) is 4.79 Å². The highest BCUT2D eigenvalue weighted by atomic mass is 16.5. The molecule has 4 nitrogen and oxygen atoms in total. The Hall–Kier alpha value is -2.75. The molecule has 1 amide bonds. The summed E-state index contributed by atoms with van der Waals surface area (Å²) in [7, 11) is 0. The predicted molar refractivity (Wildman–Crippen MR) is 127 cm³/mol. The molecule has 4 heteroatoms. The van der Waals surface area contributed by atoms with Crippen LogP contribution in [-0.2, 0) is 11.2 Å². The maximum Gasteiger partial charge on any atom is 0.224 e. The standard InChI is InChI=1S/C27H35NO3/c1-4-19-30-24-13-14-25-22(20-24)16-18-27(3,31-25)17-8-9-21(2)12-15-26(29)28-23-10-6-5-7-11-23/h5-7,9-11,13-14,20H,4,8,12,15-19H2,1-3H3,(H,28,29)/b21-9+. The molecule has 0 spiro atoms. The minimum Gasteiger partial charge on any atom is -0.494 e. The van der Waals surface area contributed by atoms with E-state index in [-0.39, 0.29) is 11.5 Å². The quantitative estimate of drug-likeness (QED) is 0.434. The van der Waals surface area contributed by atoms with Gasteiger partial charge in [-0.05, 0) is 88.3 Å². The number of para-hydroxylation sites is 1. The molecule has 0 saturated heterocycles. The maximum absolute atomic E-state index is 12.1. The molecule has 1 N–H and O–H groups in total. The molecule has 1 aliphatic rings. The third-order valence-corrected chi connectivity index (χ3v) is 5.75. The summed E-state index contributed by atoms with van der Waals surface area (Å²) in [5, 5.41) is 2.94. The molecule has 0 bridgehead atoms. The molecule has 0 aromatic heterocycles. The monoisotopic (exact) mass is 421 g/mol. The van der Waals surface area contributed by atoms with Crippen LogP contribution in [0.2, 0.25) is 0 Å². The fourth-order valence-electron chi connectivity index (χ4n) is 3.83. The van der Waals surface area contributed by atoms with Crippen molar-refractivity contribution in [2.45, 2.75) is 71.3 Å². The molecule has 1 heterocycles. The van der Waals surface area contributed by atoms with Crippen LogP contribution >= 0.6 is 0 Å². The van der Waals surface area contributed by atoms with Crippen LogP contribution in [0.1, 0.15) is 64.9 Å². The second kappa shape index (κ2) is 11.0. The lowest BCUT2D eigenvalue weighted by molar-refractivity contribution is -0.116. The number of hydrogen-bond donors (Lipinski definition) is 1. The van der Waals surface area contributed by atoms with Gasteiger partial charge in [0, 0.05) is 12.1 Å². The minimum atomic E-state index is -0.153. The fourth-order valence-corrected chi connectivity index (χ4v) is 3.83. The van der Waals surface area contributed by atoms with Gasteiger partial charge in [-0.15, -0.1) is 0 Å². The Morgan fingerprint density at radius 2 is 2.00 bits per heavy atom. The molecular weight excluding hydrogens is 386 g/mol. The second-order valence-corrected chi connectivity index (χ2v) is 8.67. The van der Waals surface area contributed by atoms with Crippen LogP contribution in [-0.4, -0.2) is 18.1 Å². The number of amides is 1. The van der Waals surface area contributed by atoms with Gasteiger partial charge in [0.25, 0.3) is 0 Å². The van der Waals surface area contributed by atoms with E-state index in [1.807, 2.05) is 42.5 Å². The SMILES string of the molecule is CCCOc1ccc2c(c1)CCC(C)(CC/C=C(\C)CCC(=O)Nc1ccccc1)O2. The zero-order valence-electron chi connectivity index (χ0n) is 19.1. The number of hydrogen-bond acceptors (Lipinski definition) is 3. The number of fused-ring (bicyclic) bond motifs is 1. The van der Waals surface area contributed by atoms with E-state index >= 15 is 0 Å². The number of carbonyl (C=O) groups is 1. The van der Waals surface area contributed by atoms with Gasteiger partial charge in [0.15, 0.2) is 0 Å². The van der Waals surface area contributed by atoms with Crippen molar-refractivity contribution in [3.05, 3.63) is 65.7 Å². The number of benzene rings is 2. The van der Waals surface area contributed by atoms with Crippen LogP contribution in [0.5, 0.6) is 11.5 Å². The van der Waals surface area contributed by atoms with Crippen LogP contribution in [0.25, 0.3) is 0 Å². The van der Waals surface area contributed by atoms with Gasteiger partial charge in [0.2, 0.25) is 5.91 Å². The van der Waals surface area contributed by atoms with E-state index in [1.54, 1.807) is 0 Å². The Morgan fingerprint density at radius 3 is 2.77 bits per heavy atom. The summed E-state index contributed by atoms with van der Waals surface area (Å²) in [4.78, 5) is 12.1. The summed E-state index contributed by atoms with van der Waals surface area (Å²) in [6.07, 6.45) is 8.48. The molecule has 2 aromatic carbocycles. The first-order valence-corrected chi connectivity index (χ1v) is 11.4. The highest BCUT2D eigenvalue weighted by molar-refractivity contribution is 5.90. The Labute approximate surface area is 186 Å². The van der Waals surface area contributed by atoms with E-state index in [9.17, 15) is 4.79 Å². The Kier molecular flexibility index (Phi) is 8.16. The van der Waals surface area contributed by atoms with Gasteiger partial charge >= 0.3 is 0 Å². The van der Waals surface area contributed by atoms with Crippen molar-refractivity contribution in [1.29, 1.82) is 0 Å². The Balaban J connectivity index is 1.44. The highest BCUT2D eigenvalue weighted by Crippen LogP contribution is 2.37. The highest BCUT2D eigenvalue weighted by Gasteiger charge is 2.31. The number of nitrogens with one attached hydrogen (secondary N) is 1. The van der Waals surface area contributed by atoms with Gasteiger partial charge < -0.3 is 14.8 Å². The Bertz CT molecular complexity index is 891. The lowest BCUT2D eigenvalue weighted by atomic mass is 9.88. The van der Waals surface area contributed by atoms with Crippen LogP contribution in [0.4, 0.5) is 5.69 Å². The van der Waals surface area contributed by atoms with Crippen molar-refractivity contribution >= 4 is 11.6 Å². The second-order valence-electron chi connectivity index (χ2n) is 8.67. The molecular formula is C27H35NO3. The van der Waals surface area contributed by atoms with E-state index < -0.39 is 0 Å². The van der Waals surface area contributed by atoms with Gasteiger partial charge in [0.1, 0.15) is 17.1 Å². The van der Waals surface area contributed by atoms with Crippen molar-refractivity contribution in [2.75, 3.05) is 11.9 Å². The van der Waals surface area contributed by atoms with Gasteiger partial charge in [-0.2, -0.15) is 0 Å². The summed E-state index contributed by atoms with van der Waals surface area (Å²) in [6.45, 7) is 7.17. The lowest BCUT2D eigenvalue weighted by Gasteiger charge is -2.36. The topological polar surface area (TPSA) is 47.6 Å². The molecule has 31 heavy (non-hydrogen) atoms. The largest absolute Gasteiger partial charge is 0.494 e. The Morgan fingerprint density at radius 1 is 1.19 bits per heavy atom. The third-order valence-electron chi connectivity index (χ3n) is 5.75. The number of ether oxygens (including phenoxy) is 2. The fraction of sp³-hybridized carbons (Fsp3) is 0.444. The molecule has 0 aliphatic carbocycles. The number of anilines is 1. The van der Waals surface area contributed by atoms with Crippen molar-refractivity contribution < 1.29 is 14.3 Å². The zero-order valence-corrected chi connectivity index (χ0v) is 19.1. The summed E-state index contributed by atoms with van der Waals surface area (Å²) < 4.78 is 12.1. The molecule has 1 atom stereocenters. The number of rotatable bonds is 10. The number of allylic oxidation sites excluding steroid dienone is 2. The summed E-state index contributed by atoms with van der Waals surface area (Å²) >= 11 is 0. The average molecular weight is 422 g/mol. The smallest absolute Gasteiger partial charge is 0.224 e. The minimum absolute atomic E-state index is 0.0559. The van der Waals surface area contributed by atoms with E-state index in [2.05, 4.69) is 38.2 Å². The van der Waals surface area contributed by atoms with E-state index in [0.29, 0.717) is 6.42 Å². The molecule has 3 rings (SSSR count). The molecule has 1 unspecified atom stereocenters. The summed E-state index contributed by atoms with van der Waals surface area (Å²) in [6, 6.07) is 15.8. The molecule has 2 aromatic rings. The number of aryl methyl sites for hydroxylation is 1. The summed E-state index contributed by atoms with van der Waals surface area (Å²) in [5.74, 6) is 1.97. The van der Waals surface area contributed by atoms with Gasteiger partial charge in [0.05, 0.1) is 6.61 Å². The first-order valence-electron chi connectivity index (χ1n) is 11.4. The molecule has 0 saturated carbocycles. The normalized spacial score (nSPS) is 18.1. The average Bonchev–Trinajstić information content (AvgIpc) is 2.77. The van der Waals surface area contributed by atoms with E-state index in [4.69, 9.17) is 9.47 Å². The van der Waals surface area contributed by atoms with Crippen molar-refractivity contribution in [2.24, 2.45) is 0 Å². The van der Waals surface area contributed by atoms with Crippen LogP contribution in [0, 0.1) is 0 Å². The summed E-state index contributed by atoms with van der Waals surface area (Å²) in [5.41, 5.74) is 3.18. The maximum atomic E-state index is 12.1. The van der Waals surface area contributed by atoms with Gasteiger partial charge in [-0.1, -0.05) is 36.8 Å². The molecule has 0 fully saturated rings. The van der Waals surface area contributed by atoms with Crippen LogP contribution in [0.15, 0.2) is 60.2 Å². The predicted octanol–water partition coefficient (Wildman–Crippen LogP) is 6.70. The number of carbonyl (C=O) groups excluding carboxylic acids is 1. The third kappa shape index (κ3) is 7.16. The molecule has 166 valence electrons. The van der Waals surface area contributed by atoms with E-state index in [1.165, 1.54) is 11.1 Å². The van der Waals surface area contributed by atoms with Crippen molar-refractivity contribution in [3.63, 3.8) is 0 Å². The van der Waals surface area contributed by atoms with Crippen molar-refractivity contribution in [3.8, 4) is 11.5 Å². The van der Waals surface area contributed by atoms with Crippen molar-refractivity contribution in [1.82, 2.24) is 0 Å². The molecule has 1 aliphatic heterocycles. The van der Waals surface area contributed by atoms with Crippen LogP contribution in [0.3, 0.4) is 0 Å². The lowest BCUT2D eigenvalue weighted by Crippen LogP contribution is -2.36. The first-order chi connectivity index (χ1) is 15.0. The van der Waals surface area contributed by atoms with E-state index in [0.717, 1.165) is 62.3 Å². The zero-order chi connectivity index (χ0) is 22.1.